The Balaban J connectivity index is 3.20. The van der Waals surface area contributed by atoms with Crippen molar-refractivity contribution >= 4 is 12.1 Å². The van der Waals surface area contributed by atoms with Crippen LogP contribution in [-0.4, -0.2) is 30.9 Å². The molecule has 0 bridgehead atoms. The molecule has 0 aromatic carbocycles. The minimum Gasteiger partial charge on any atom is -0.481 e. The van der Waals surface area contributed by atoms with Gasteiger partial charge in [0.1, 0.15) is 6.61 Å². The van der Waals surface area contributed by atoms with Crippen LogP contribution in [0, 0.1) is 0 Å². The molecule has 0 aliphatic rings. The van der Waals surface area contributed by atoms with E-state index in [9.17, 15) is 9.59 Å². The molecule has 0 aromatic heterocycles. The number of hydrogen-bond donors (Lipinski definition) is 1. The molecule has 0 aliphatic heterocycles. The van der Waals surface area contributed by atoms with Gasteiger partial charge in [-0.3, -0.25) is 4.79 Å². The van der Waals surface area contributed by atoms with Crippen molar-refractivity contribution in [1.82, 2.24) is 0 Å². The van der Waals surface area contributed by atoms with Crippen LogP contribution in [0.25, 0.3) is 0 Å². The van der Waals surface area contributed by atoms with Crippen molar-refractivity contribution in [2.45, 2.75) is 6.42 Å². The van der Waals surface area contributed by atoms with Crippen molar-refractivity contribution in [2.24, 2.45) is 0 Å². The number of carbonyl (C=O) groups is 2. The topological polar surface area (TPSA) is 72.8 Å². The maximum Gasteiger partial charge on any atom is 0.507 e. The van der Waals surface area contributed by atoms with Gasteiger partial charge in [-0.25, -0.2) is 4.79 Å². The summed E-state index contributed by atoms with van der Waals surface area (Å²) in [7, 11) is 1.16. The van der Waals surface area contributed by atoms with Crippen LogP contribution in [-0.2, 0) is 14.3 Å². The van der Waals surface area contributed by atoms with Crippen molar-refractivity contribution in [1.29, 1.82) is 0 Å². The summed E-state index contributed by atoms with van der Waals surface area (Å²) in [5.41, 5.74) is 0. The summed E-state index contributed by atoms with van der Waals surface area (Å²) in [5.74, 6) is -1.01. The van der Waals surface area contributed by atoms with Gasteiger partial charge in [-0.1, -0.05) is 0 Å². The number of methoxy groups -OCH3 is 1. The third-order valence-electron chi connectivity index (χ3n) is 0.703. The van der Waals surface area contributed by atoms with E-state index in [0.717, 1.165) is 7.11 Å². The van der Waals surface area contributed by atoms with Crippen LogP contribution in [0.4, 0.5) is 4.79 Å². The maximum absolute atomic E-state index is 10.2. The van der Waals surface area contributed by atoms with Gasteiger partial charge in [0.25, 0.3) is 0 Å². The molecular weight excluding hydrogens is 140 g/mol. The number of ether oxygens (including phenoxy) is 2. The fourth-order valence-electron chi connectivity index (χ4n) is 0.281. The van der Waals surface area contributed by atoms with Crippen LogP contribution in [0.3, 0.4) is 0 Å². The molecule has 0 amide bonds. The number of carboxylic acids is 1. The van der Waals surface area contributed by atoms with E-state index in [1.165, 1.54) is 0 Å². The van der Waals surface area contributed by atoms with Gasteiger partial charge in [0.15, 0.2) is 0 Å². The summed E-state index contributed by atoms with van der Waals surface area (Å²) in [4.78, 5) is 20.0. The lowest BCUT2D eigenvalue weighted by Gasteiger charge is -1.98. The quantitative estimate of drug-likeness (QED) is 0.580. The number of hydrogen-bond acceptors (Lipinski definition) is 4. The molecule has 58 valence electrons. The van der Waals surface area contributed by atoms with Gasteiger partial charge >= 0.3 is 12.1 Å². The molecule has 0 radical (unpaired) electrons. The molecule has 0 unspecified atom stereocenters. The van der Waals surface area contributed by atoms with E-state index in [1.54, 1.807) is 0 Å². The monoisotopic (exact) mass is 148 g/mol. The van der Waals surface area contributed by atoms with E-state index < -0.39 is 12.1 Å². The molecule has 10 heavy (non-hydrogen) atoms. The second kappa shape index (κ2) is 4.60. The van der Waals surface area contributed by atoms with Gasteiger partial charge < -0.3 is 14.6 Å². The Labute approximate surface area is 57.5 Å². The number of rotatable bonds is 3. The fourth-order valence-corrected chi connectivity index (χ4v) is 0.281. The van der Waals surface area contributed by atoms with Crippen LogP contribution in [0.2, 0.25) is 0 Å². The Bertz CT molecular complexity index is 130. The van der Waals surface area contributed by atoms with Gasteiger partial charge in [0.2, 0.25) is 0 Å². The molecule has 0 aliphatic carbocycles. The molecule has 0 saturated heterocycles. The summed E-state index contributed by atoms with van der Waals surface area (Å²) in [6.07, 6.45) is -1.06. The van der Waals surface area contributed by atoms with E-state index in [4.69, 9.17) is 5.11 Å². The zero-order chi connectivity index (χ0) is 7.98. The predicted molar refractivity (Wildman–Crippen MR) is 30.6 cm³/mol. The molecule has 0 saturated carbocycles. The maximum atomic E-state index is 10.2. The highest BCUT2D eigenvalue weighted by atomic mass is 16.7. The normalized spacial score (nSPS) is 8.50. The lowest BCUT2D eigenvalue weighted by Crippen LogP contribution is -2.08. The molecule has 0 rings (SSSR count). The van der Waals surface area contributed by atoms with Crippen molar-refractivity contribution in [3.63, 3.8) is 0 Å². The first-order chi connectivity index (χ1) is 4.66. The van der Waals surface area contributed by atoms with E-state index in [2.05, 4.69) is 9.47 Å². The van der Waals surface area contributed by atoms with E-state index in [-0.39, 0.29) is 13.0 Å². The summed E-state index contributed by atoms with van der Waals surface area (Å²) >= 11 is 0. The summed E-state index contributed by atoms with van der Waals surface area (Å²) in [6.45, 7) is -0.151. The first-order valence-electron chi connectivity index (χ1n) is 2.59. The largest absolute Gasteiger partial charge is 0.507 e. The highest BCUT2D eigenvalue weighted by Gasteiger charge is 2.01. The van der Waals surface area contributed by atoms with Crippen LogP contribution < -0.4 is 0 Å². The second-order valence-corrected chi connectivity index (χ2v) is 1.45. The molecule has 5 nitrogen and oxygen atoms in total. The minimum atomic E-state index is -1.01. The van der Waals surface area contributed by atoms with Crippen molar-refractivity contribution in [3.8, 4) is 0 Å². The van der Waals surface area contributed by atoms with Crippen molar-refractivity contribution < 1.29 is 24.2 Å². The first kappa shape index (κ1) is 8.74. The summed E-state index contributed by atoms with van der Waals surface area (Å²) < 4.78 is 8.34. The highest BCUT2D eigenvalue weighted by molar-refractivity contribution is 5.67. The fraction of sp³-hybridized carbons (Fsp3) is 0.600. The lowest BCUT2D eigenvalue weighted by atomic mass is 10.5. The average molecular weight is 148 g/mol. The van der Waals surface area contributed by atoms with Crippen LogP contribution in [0.15, 0.2) is 0 Å². The van der Waals surface area contributed by atoms with Gasteiger partial charge in [0, 0.05) is 0 Å². The van der Waals surface area contributed by atoms with Gasteiger partial charge in [0.05, 0.1) is 13.5 Å². The highest BCUT2D eigenvalue weighted by Crippen LogP contribution is 1.85. The Morgan fingerprint density at radius 2 is 2.10 bits per heavy atom. The Kier molecular flexibility index (Phi) is 4.02. The molecule has 0 atom stereocenters. The van der Waals surface area contributed by atoms with Crippen molar-refractivity contribution in [3.05, 3.63) is 0 Å². The van der Waals surface area contributed by atoms with Gasteiger partial charge in [-0.2, -0.15) is 0 Å². The van der Waals surface area contributed by atoms with E-state index >= 15 is 0 Å². The zero-order valence-corrected chi connectivity index (χ0v) is 5.49. The zero-order valence-electron chi connectivity index (χ0n) is 5.49. The summed E-state index contributed by atoms with van der Waals surface area (Å²) in [5, 5.41) is 8.07. The first-order valence-corrected chi connectivity index (χ1v) is 2.59. The SMILES string of the molecule is COC(=O)OCCC(=O)O. The van der Waals surface area contributed by atoms with Crippen molar-refractivity contribution in [2.75, 3.05) is 13.7 Å². The molecule has 5 heteroatoms. The third-order valence-corrected chi connectivity index (χ3v) is 0.703. The van der Waals surface area contributed by atoms with Crippen LogP contribution in [0.5, 0.6) is 0 Å². The lowest BCUT2D eigenvalue weighted by molar-refractivity contribution is -0.137. The molecule has 0 spiro atoms. The minimum absolute atomic E-state index is 0.151. The predicted octanol–water partition coefficient (Wildman–Crippen LogP) is 0.244. The third kappa shape index (κ3) is 4.89. The smallest absolute Gasteiger partial charge is 0.481 e. The molecule has 1 N–H and O–H groups in total. The number of carboxylic acid groups (broad SMARTS) is 1. The molecule has 0 aromatic rings. The van der Waals surface area contributed by atoms with Crippen LogP contribution >= 0.6 is 0 Å². The van der Waals surface area contributed by atoms with E-state index in [1.807, 2.05) is 0 Å². The van der Waals surface area contributed by atoms with Crippen LogP contribution in [0.1, 0.15) is 6.42 Å². The Morgan fingerprint density at radius 1 is 1.50 bits per heavy atom. The molecule has 0 fully saturated rings. The average Bonchev–Trinajstić information content (AvgIpc) is 1.87. The van der Waals surface area contributed by atoms with E-state index in [0.29, 0.717) is 0 Å². The molecular formula is C5H8O5. The standard InChI is InChI=1S/C5H8O5/c1-9-5(8)10-3-2-4(6)7/h2-3H2,1H3,(H,6,7). The Morgan fingerprint density at radius 3 is 2.50 bits per heavy atom. The Hall–Kier alpha value is -1.26. The van der Waals surface area contributed by atoms with Gasteiger partial charge in [-0.05, 0) is 0 Å². The second-order valence-electron chi connectivity index (χ2n) is 1.45. The summed E-state index contributed by atoms with van der Waals surface area (Å²) in [6, 6.07) is 0. The molecule has 0 heterocycles. The number of aliphatic carboxylic acids is 1. The number of carbonyl (C=O) groups excluding carboxylic acids is 1. The van der Waals surface area contributed by atoms with Gasteiger partial charge in [-0.15, -0.1) is 0 Å².